The molecule has 1 fully saturated rings. The molecule has 23 heavy (non-hydrogen) atoms. The van der Waals surface area contributed by atoms with Gasteiger partial charge >= 0.3 is 6.03 Å². The first-order valence-electron chi connectivity index (χ1n) is 8.42. The van der Waals surface area contributed by atoms with Crippen LogP contribution in [-0.2, 0) is 0 Å². The van der Waals surface area contributed by atoms with E-state index in [1.165, 1.54) is 0 Å². The molecular formula is C18H27N3O2. The molecule has 5 heteroatoms. The number of hydrogen-bond donors (Lipinski definition) is 3. The SMILES string of the molecule is CC(C)CCC(C)NC(=O)Nc1cccc(C(=O)NC2CC2)c1. The molecule has 1 aliphatic rings. The molecule has 0 bridgehead atoms. The topological polar surface area (TPSA) is 70.2 Å². The number of urea groups is 1. The Morgan fingerprint density at radius 2 is 1.91 bits per heavy atom. The fourth-order valence-corrected chi connectivity index (χ4v) is 2.28. The summed E-state index contributed by atoms with van der Waals surface area (Å²) >= 11 is 0. The molecule has 1 aromatic rings. The van der Waals surface area contributed by atoms with Crippen molar-refractivity contribution in [3.8, 4) is 0 Å². The van der Waals surface area contributed by atoms with E-state index in [2.05, 4.69) is 29.8 Å². The Hall–Kier alpha value is -2.04. The summed E-state index contributed by atoms with van der Waals surface area (Å²) in [6, 6.07) is 7.23. The predicted molar refractivity (Wildman–Crippen MR) is 92.6 cm³/mol. The summed E-state index contributed by atoms with van der Waals surface area (Å²) in [6.45, 7) is 6.34. The fraction of sp³-hybridized carbons (Fsp3) is 0.556. The maximum absolute atomic E-state index is 12.0. The second-order valence-corrected chi connectivity index (χ2v) is 6.80. The first-order valence-corrected chi connectivity index (χ1v) is 8.42. The van der Waals surface area contributed by atoms with Gasteiger partial charge in [-0.2, -0.15) is 0 Å². The van der Waals surface area contributed by atoms with Crippen LogP contribution in [0.4, 0.5) is 10.5 Å². The van der Waals surface area contributed by atoms with E-state index < -0.39 is 0 Å². The van der Waals surface area contributed by atoms with E-state index in [4.69, 9.17) is 0 Å². The molecule has 3 amide bonds. The van der Waals surface area contributed by atoms with Crippen LogP contribution < -0.4 is 16.0 Å². The summed E-state index contributed by atoms with van der Waals surface area (Å²) in [7, 11) is 0. The predicted octanol–water partition coefficient (Wildman–Crippen LogP) is 3.53. The number of carbonyl (C=O) groups is 2. The highest BCUT2D eigenvalue weighted by Crippen LogP contribution is 2.20. The number of benzene rings is 1. The van der Waals surface area contributed by atoms with Gasteiger partial charge in [0, 0.05) is 23.3 Å². The summed E-state index contributed by atoms with van der Waals surface area (Å²) in [5.41, 5.74) is 1.20. The third-order valence-corrected chi connectivity index (χ3v) is 3.85. The van der Waals surface area contributed by atoms with Gasteiger partial charge in [0.15, 0.2) is 0 Å². The van der Waals surface area contributed by atoms with Crippen molar-refractivity contribution in [2.75, 3.05) is 5.32 Å². The van der Waals surface area contributed by atoms with Crippen LogP contribution >= 0.6 is 0 Å². The average Bonchev–Trinajstić information content (AvgIpc) is 3.29. The Labute approximate surface area is 138 Å². The molecule has 3 N–H and O–H groups in total. The van der Waals surface area contributed by atoms with E-state index in [9.17, 15) is 9.59 Å². The van der Waals surface area contributed by atoms with Crippen molar-refractivity contribution in [1.29, 1.82) is 0 Å². The van der Waals surface area contributed by atoms with Crippen molar-refractivity contribution < 1.29 is 9.59 Å². The zero-order chi connectivity index (χ0) is 16.8. The monoisotopic (exact) mass is 317 g/mol. The van der Waals surface area contributed by atoms with Crippen LogP contribution in [0.3, 0.4) is 0 Å². The van der Waals surface area contributed by atoms with E-state index in [-0.39, 0.29) is 18.0 Å². The Kier molecular flexibility index (Phi) is 6.02. The van der Waals surface area contributed by atoms with Crippen molar-refractivity contribution in [3.05, 3.63) is 29.8 Å². The zero-order valence-electron chi connectivity index (χ0n) is 14.2. The molecule has 0 radical (unpaired) electrons. The molecule has 0 aromatic heterocycles. The van der Waals surface area contributed by atoms with Gasteiger partial charge < -0.3 is 16.0 Å². The second-order valence-electron chi connectivity index (χ2n) is 6.80. The van der Waals surface area contributed by atoms with Crippen LogP contribution in [0.25, 0.3) is 0 Å². The van der Waals surface area contributed by atoms with Gasteiger partial charge in [-0.3, -0.25) is 4.79 Å². The quantitative estimate of drug-likeness (QED) is 0.720. The smallest absolute Gasteiger partial charge is 0.319 e. The normalized spacial score (nSPS) is 15.1. The summed E-state index contributed by atoms with van der Waals surface area (Å²) in [5.74, 6) is 0.547. The van der Waals surface area contributed by atoms with Gasteiger partial charge in [-0.25, -0.2) is 4.79 Å². The van der Waals surface area contributed by atoms with Crippen LogP contribution in [0.1, 0.15) is 56.8 Å². The maximum Gasteiger partial charge on any atom is 0.319 e. The molecule has 2 rings (SSSR count). The Bertz CT molecular complexity index is 553. The largest absolute Gasteiger partial charge is 0.349 e. The minimum absolute atomic E-state index is 0.0816. The van der Waals surface area contributed by atoms with E-state index in [0.717, 1.165) is 25.7 Å². The minimum Gasteiger partial charge on any atom is -0.349 e. The highest BCUT2D eigenvalue weighted by molar-refractivity contribution is 5.97. The fourth-order valence-electron chi connectivity index (χ4n) is 2.28. The molecule has 126 valence electrons. The van der Waals surface area contributed by atoms with Crippen molar-refractivity contribution >= 4 is 17.6 Å². The van der Waals surface area contributed by atoms with E-state index in [1.807, 2.05) is 6.92 Å². The number of nitrogens with one attached hydrogen (secondary N) is 3. The van der Waals surface area contributed by atoms with Gasteiger partial charge in [0.1, 0.15) is 0 Å². The van der Waals surface area contributed by atoms with Crippen LogP contribution in [0.2, 0.25) is 0 Å². The molecule has 0 spiro atoms. The van der Waals surface area contributed by atoms with E-state index in [1.54, 1.807) is 24.3 Å². The number of hydrogen-bond acceptors (Lipinski definition) is 2. The van der Waals surface area contributed by atoms with E-state index in [0.29, 0.717) is 23.2 Å². The summed E-state index contributed by atoms with van der Waals surface area (Å²) in [5, 5.41) is 8.66. The highest BCUT2D eigenvalue weighted by atomic mass is 16.2. The third-order valence-electron chi connectivity index (χ3n) is 3.85. The molecule has 0 saturated heterocycles. The molecule has 1 aromatic carbocycles. The third kappa shape index (κ3) is 6.30. The van der Waals surface area contributed by atoms with Gasteiger partial charge in [-0.15, -0.1) is 0 Å². The lowest BCUT2D eigenvalue weighted by atomic mass is 10.0. The number of carbonyl (C=O) groups excluding carboxylic acids is 2. The Balaban J connectivity index is 1.84. The maximum atomic E-state index is 12.0. The Morgan fingerprint density at radius 1 is 1.17 bits per heavy atom. The Morgan fingerprint density at radius 3 is 2.57 bits per heavy atom. The molecular weight excluding hydrogens is 290 g/mol. The van der Waals surface area contributed by atoms with Crippen LogP contribution in [0.5, 0.6) is 0 Å². The number of amides is 3. The average molecular weight is 317 g/mol. The molecule has 1 aliphatic carbocycles. The van der Waals surface area contributed by atoms with Gasteiger partial charge in [0.2, 0.25) is 0 Å². The van der Waals surface area contributed by atoms with E-state index >= 15 is 0 Å². The summed E-state index contributed by atoms with van der Waals surface area (Å²) < 4.78 is 0. The lowest BCUT2D eigenvalue weighted by Gasteiger charge is -2.16. The highest BCUT2D eigenvalue weighted by Gasteiger charge is 2.23. The minimum atomic E-state index is -0.235. The lowest BCUT2D eigenvalue weighted by Crippen LogP contribution is -2.36. The van der Waals surface area contributed by atoms with Gasteiger partial charge in [0.05, 0.1) is 0 Å². The van der Waals surface area contributed by atoms with Gasteiger partial charge in [0.25, 0.3) is 5.91 Å². The molecule has 1 saturated carbocycles. The lowest BCUT2D eigenvalue weighted by molar-refractivity contribution is 0.0951. The summed E-state index contributed by atoms with van der Waals surface area (Å²) in [6.07, 6.45) is 4.15. The molecule has 0 aliphatic heterocycles. The molecule has 1 atom stereocenters. The summed E-state index contributed by atoms with van der Waals surface area (Å²) in [4.78, 5) is 24.0. The zero-order valence-corrected chi connectivity index (χ0v) is 14.2. The van der Waals surface area contributed by atoms with Crippen LogP contribution in [0, 0.1) is 5.92 Å². The molecule has 0 heterocycles. The number of rotatable bonds is 7. The van der Waals surface area contributed by atoms with Crippen molar-refractivity contribution in [2.45, 2.75) is 58.5 Å². The first kappa shape index (κ1) is 17.3. The molecule has 5 nitrogen and oxygen atoms in total. The van der Waals surface area contributed by atoms with Crippen LogP contribution in [0.15, 0.2) is 24.3 Å². The second kappa shape index (κ2) is 7.99. The van der Waals surface area contributed by atoms with Gasteiger partial charge in [-0.05, 0) is 56.7 Å². The van der Waals surface area contributed by atoms with Crippen molar-refractivity contribution in [3.63, 3.8) is 0 Å². The molecule has 1 unspecified atom stereocenters. The first-order chi connectivity index (χ1) is 10.9. The van der Waals surface area contributed by atoms with Crippen molar-refractivity contribution in [2.24, 2.45) is 5.92 Å². The number of anilines is 1. The van der Waals surface area contributed by atoms with Gasteiger partial charge in [-0.1, -0.05) is 19.9 Å². The van der Waals surface area contributed by atoms with Crippen molar-refractivity contribution in [1.82, 2.24) is 10.6 Å². The van der Waals surface area contributed by atoms with Crippen LogP contribution in [-0.4, -0.2) is 24.0 Å². The standard InChI is InChI=1S/C18H27N3O2/c1-12(2)7-8-13(3)19-18(23)21-16-6-4-5-14(11-16)17(22)20-15-9-10-15/h4-6,11-13,15H,7-10H2,1-3H3,(H,20,22)(H2,19,21,23).